The molecule has 10 heteroatoms. The van der Waals surface area contributed by atoms with Crippen molar-refractivity contribution < 1.29 is 27.8 Å². The van der Waals surface area contributed by atoms with Gasteiger partial charge in [0.05, 0.1) is 16.7 Å². The summed E-state index contributed by atoms with van der Waals surface area (Å²) < 4.78 is 42.2. The number of pyridine rings is 1. The van der Waals surface area contributed by atoms with Gasteiger partial charge in [-0.25, -0.2) is 4.79 Å². The molecule has 1 aromatic heterocycles. The summed E-state index contributed by atoms with van der Waals surface area (Å²) in [5, 5.41) is 0.581. The average molecular weight is 537 g/mol. The molecule has 0 saturated heterocycles. The van der Waals surface area contributed by atoms with E-state index in [1.807, 2.05) is 6.07 Å². The zero-order chi connectivity index (χ0) is 25.7. The Labute approximate surface area is 217 Å². The number of hydrogen-bond acceptors (Lipinski definition) is 6. The highest BCUT2D eigenvalue weighted by molar-refractivity contribution is 6.35. The molecule has 1 aliphatic rings. The van der Waals surface area contributed by atoms with Gasteiger partial charge in [0.1, 0.15) is 12.1 Å². The molecule has 1 aliphatic carbocycles. The van der Waals surface area contributed by atoms with Crippen molar-refractivity contribution in [2.45, 2.75) is 38.0 Å². The number of carbonyl (C=O) groups excluding carboxylic acids is 1. The van der Waals surface area contributed by atoms with Gasteiger partial charge in [-0.3, -0.25) is 4.98 Å². The van der Waals surface area contributed by atoms with Crippen LogP contribution in [-0.4, -0.2) is 24.2 Å². The summed E-state index contributed by atoms with van der Waals surface area (Å²) in [7, 11) is 0. The Morgan fingerprint density at radius 2 is 1.72 bits per heavy atom. The Morgan fingerprint density at radius 1 is 1.03 bits per heavy atom. The average Bonchev–Trinajstić information content (AvgIpc) is 3.69. The smallest absolute Gasteiger partial charge is 0.387 e. The molecular formula is C26H24Cl2F2N2O4. The minimum atomic E-state index is -3.02. The highest BCUT2D eigenvalue weighted by Crippen LogP contribution is 2.38. The van der Waals surface area contributed by atoms with Crippen LogP contribution in [0.15, 0.2) is 60.9 Å². The second-order valence-corrected chi connectivity index (χ2v) is 9.25. The first-order chi connectivity index (χ1) is 17.3. The lowest BCUT2D eigenvalue weighted by Gasteiger charge is -2.23. The number of aromatic nitrogens is 1. The van der Waals surface area contributed by atoms with E-state index in [1.165, 1.54) is 30.6 Å². The second-order valence-electron chi connectivity index (χ2n) is 8.44. The van der Waals surface area contributed by atoms with Crippen molar-refractivity contribution in [2.24, 2.45) is 11.7 Å². The molecule has 0 spiro atoms. The molecule has 1 unspecified atom stereocenters. The van der Waals surface area contributed by atoms with Crippen LogP contribution >= 0.6 is 23.2 Å². The molecular weight excluding hydrogens is 513 g/mol. The van der Waals surface area contributed by atoms with E-state index in [-0.39, 0.29) is 17.9 Å². The van der Waals surface area contributed by atoms with Crippen molar-refractivity contribution in [1.82, 2.24) is 4.98 Å². The Bertz CT molecular complexity index is 1180. The van der Waals surface area contributed by atoms with Gasteiger partial charge in [0.15, 0.2) is 11.5 Å². The van der Waals surface area contributed by atoms with E-state index >= 15 is 0 Å². The molecule has 2 atom stereocenters. The molecule has 1 fully saturated rings. The summed E-state index contributed by atoms with van der Waals surface area (Å²) in [6.07, 6.45) is 4.07. The van der Waals surface area contributed by atoms with Crippen molar-refractivity contribution in [3.8, 4) is 11.5 Å². The number of carbonyl (C=O) groups is 1. The predicted octanol–water partition coefficient (Wildman–Crippen LogP) is 6.31. The maximum Gasteiger partial charge on any atom is 0.387 e. The van der Waals surface area contributed by atoms with Gasteiger partial charge in [-0.2, -0.15) is 8.78 Å². The van der Waals surface area contributed by atoms with E-state index in [0.717, 1.165) is 12.8 Å². The van der Waals surface area contributed by atoms with Gasteiger partial charge in [-0.05, 0) is 47.6 Å². The summed E-state index contributed by atoms with van der Waals surface area (Å²) in [6, 6.07) is 12.1. The Balaban J connectivity index is 1.66. The number of nitrogens with two attached hydrogens (primary N) is 1. The first-order valence-electron chi connectivity index (χ1n) is 11.3. The van der Waals surface area contributed by atoms with Gasteiger partial charge in [0.2, 0.25) is 0 Å². The van der Waals surface area contributed by atoms with Gasteiger partial charge in [0.25, 0.3) is 0 Å². The number of esters is 1. The standard InChI is InChI=1S/C26H24Cl2F2N2O4/c27-19-12-32-13-20(28)18(19)11-22(35-25(33)24(31)16-4-2-1-3-5-16)17-8-9-21(36-26(29)30)23(10-17)34-14-15-6-7-15/h1-5,8-10,12-13,15,22,24,26H,6-7,11,14,31H2/t22?,24-/m1/s1. The molecule has 6 nitrogen and oxygen atoms in total. The number of ether oxygens (including phenoxy) is 3. The monoisotopic (exact) mass is 536 g/mol. The molecule has 0 bridgehead atoms. The largest absolute Gasteiger partial charge is 0.489 e. The molecule has 0 amide bonds. The third-order valence-electron chi connectivity index (χ3n) is 5.74. The van der Waals surface area contributed by atoms with Crippen LogP contribution < -0.4 is 15.2 Å². The van der Waals surface area contributed by atoms with Crippen molar-refractivity contribution in [1.29, 1.82) is 0 Å². The number of nitrogens with zero attached hydrogens (tertiary/aromatic N) is 1. The summed E-state index contributed by atoms with van der Waals surface area (Å²) >= 11 is 12.6. The van der Waals surface area contributed by atoms with E-state index < -0.39 is 24.7 Å². The molecule has 190 valence electrons. The van der Waals surface area contributed by atoms with Crippen LogP contribution in [0.1, 0.15) is 41.7 Å². The molecule has 1 heterocycles. The van der Waals surface area contributed by atoms with Crippen LogP contribution in [0, 0.1) is 5.92 Å². The minimum Gasteiger partial charge on any atom is -0.489 e. The maximum atomic E-state index is 13.0. The molecule has 2 aromatic carbocycles. The van der Waals surface area contributed by atoms with Crippen LogP contribution in [0.25, 0.3) is 0 Å². The van der Waals surface area contributed by atoms with Gasteiger partial charge >= 0.3 is 12.6 Å². The van der Waals surface area contributed by atoms with Crippen LogP contribution in [0.2, 0.25) is 10.0 Å². The number of hydrogen-bond donors (Lipinski definition) is 1. The summed E-state index contributed by atoms with van der Waals surface area (Å²) in [6.45, 7) is -2.65. The number of benzene rings is 2. The number of rotatable bonds is 11. The summed E-state index contributed by atoms with van der Waals surface area (Å²) in [4.78, 5) is 17.0. The van der Waals surface area contributed by atoms with E-state index in [4.69, 9.17) is 38.4 Å². The summed E-state index contributed by atoms with van der Waals surface area (Å²) in [5.74, 6) is -0.290. The van der Waals surface area contributed by atoms with Crippen LogP contribution in [0.5, 0.6) is 11.5 Å². The fourth-order valence-electron chi connectivity index (χ4n) is 3.58. The van der Waals surface area contributed by atoms with Crippen molar-refractivity contribution in [3.63, 3.8) is 0 Å². The molecule has 2 N–H and O–H groups in total. The van der Waals surface area contributed by atoms with E-state index in [2.05, 4.69) is 9.72 Å². The lowest BCUT2D eigenvalue weighted by Crippen LogP contribution is -2.26. The fourth-order valence-corrected chi connectivity index (χ4v) is 4.10. The van der Waals surface area contributed by atoms with Gasteiger partial charge in [-0.15, -0.1) is 0 Å². The highest BCUT2D eigenvalue weighted by atomic mass is 35.5. The Kier molecular flexibility index (Phi) is 8.61. The van der Waals surface area contributed by atoms with Gasteiger partial charge in [-0.1, -0.05) is 59.6 Å². The quantitative estimate of drug-likeness (QED) is 0.289. The zero-order valence-corrected chi connectivity index (χ0v) is 20.6. The third kappa shape index (κ3) is 6.84. The maximum absolute atomic E-state index is 13.0. The number of alkyl halides is 2. The highest BCUT2D eigenvalue weighted by Gasteiger charge is 2.27. The molecule has 1 saturated carbocycles. The van der Waals surface area contributed by atoms with Crippen molar-refractivity contribution in [2.75, 3.05) is 6.61 Å². The van der Waals surface area contributed by atoms with Crippen LogP contribution in [0.3, 0.4) is 0 Å². The fraction of sp³-hybridized carbons (Fsp3) is 0.308. The van der Waals surface area contributed by atoms with E-state index in [9.17, 15) is 13.6 Å². The van der Waals surface area contributed by atoms with Crippen LogP contribution in [0.4, 0.5) is 8.78 Å². The second kappa shape index (κ2) is 11.9. The normalized spacial score (nSPS) is 14.8. The SMILES string of the molecule is N[C@@H](C(=O)OC(Cc1c(Cl)cncc1Cl)c1ccc(OC(F)F)c(OCC2CC2)c1)c1ccccc1. The third-order valence-corrected chi connectivity index (χ3v) is 6.39. The first kappa shape index (κ1) is 26.1. The Morgan fingerprint density at radius 3 is 2.36 bits per heavy atom. The van der Waals surface area contributed by atoms with Gasteiger partial charge < -0.3 is 19.9 Å². The number of halogens is 4. The lowest BCUT2D eigenvalue weighted by atomic mass is 10.0. The lowest BCUT2D eigenvalue weighted by molar-refractivity contribution is -0.151. The predicted molar refractivity (Wildman–Crippen MR) is 131 cm³/mol. The Hall–Kier alpha value is -2.94. The molecule has 3 aromatic rings. The topological polar surface area (TPSA) is 83.7 Å². The van der Waals surface area contributed by atoms with E-state index in [1.54, 1.807) is 24.3 Å². The molecule has 0 aliphatic heterocycles. The van der Waals surface area contributed by atoms with Crippen molar-refractivity contribution >= 4 is 29.2 Å². The molecule has 0 radical (unpaired) electrons. The minimum absolute atomic E-state index is 0.0878. The van der Waals surface area contributed by atoms with Gasteiger partial charge in [0, 0.05) is 18.8 Å². The first-order valence-corrected chi connectivity index (χ1v) is 12.1. The van der Waals surface area contributed by atoms with Crippen molar-refractivity contribution in [3.05, 3.63) is 87.7 Å². The molecule has 4 rings (SSSR count). The zero-order valence-electron chi connectivity index (χ0n) is 19.1. The summed E-state index contributed by atoms with van der Waals surface area (Å²) in [5.41, 5.74) is 7.71. The molecule has 36 heavy (non-hydrogen) atoms. The van der Waals surface area contributed by atoms with Crippen LogP contribution in [-0.2, 0) is 16.0 Å². The van der Waals surface area contributed by atoms with E-state index in [0.29, 0.717) is 39.3 Å².